The summed E-state index contributed by atoms with van der Waals surface area (Å²) in [6.07, 6.45) is 30.2. The summed E-state index contributed by atoms with van der Waals surface area (Å²) in [5.41, 5.74) is 1.92. The zero-order valence-corrected chi connectivity index (χ0v) is 25.5. The molecule has 0 aromatic carbocycles. The van der Waals surface area contributed by atoms with E-state index in [9.17, 15) is 0 Å². The van der Waals surface area contributed by atoms with Crippen molar-refractivity contribution in [3.63, 3.8) is 0 Å². The highest BCUT2D eigenvalue weighted by atomic mass is 31.2. The monoisotopic (exact) mass is 550 g/mol. The van der Waals surface area contributed by atoms with Gasteiger partial charge in [-0.15, -0.1) is 0 Å². The molecule has 3 nitrogen and oxygen atoms in total. The highest BCUT2D eigenvalue weighted by molar-refractivity contribution is 7.65. The molecule has 2 aliphatic heterocycles. The van der Waals surface area contributed by atoms with Crippen molar-refractivity contribution in [2.45, 2.75) is 176 Å². The molecule has 5 heteroatoms. The number of fused-ring (bicyclic) bond motifs is 2. The molecule has 4 aliphatic carbocycles. The van der Waals surface area contributed by atoms with E-state index < -0.39 is 14.3 Å². The Balaban J connectivity index is 1.27. The van der Waals surface area contributed by atoms with E-state index in [2.05, 4.69) is 0 Å². The van der Waals surface area contributed by atoms with E-state index in [1.54, 1.807) is 0 Å². The number of hydrogen-bond donors (Lipinski definition) is 0. The number of rotatable bonds is 8. The van der Waals surface area contributed by atoms with Crippen LogP contribution in [0, 0.1) is 11.8 Å². The summed E-state index contributed by atoms with van der Waals surface area (Å²) >= 11 is 0. The smallest absolute Gasteiger partial charge is 0.0939 e. The van der Waals surface area contributed by atoms with Gasteiger partial charge in [-0.05, 0) is 76.0 Å². The van der Waals surface area contributed by atoms with Crippen LogP contribution in [0.4, 0.5) is 0 Å². The van der Waals surface area contributed by atoms with Gasteiger partial charge in [-0.2, -0.15) is 0 Å². The van der Waals surface area contributed by atoms with E-state index >= 15 is 9.13 Å². The standard InChI is InChI=1S/C32H56O3P2/c33-36(25-13-5-1-6-14-25,26-15-7-2-8-16-26)23-29-30(32-22-21-31(29)35-32)24-37(34,27-17-9-3-10-18-27)28-19-11-4-12-20-28/h25-32H,1-24H2/t29?,30?,31-,32+. The SMILES string of the molecule is O=P(CC1C(CP(=O)(C2CCCCC2)C2CCCCC2)[C@H]2CC[C@@H]1O2)(C1CCCCC1)C1CCCCC1. The zero-order valence-electron chi connectivity index (χ0n) is 23.7. The normalized spacial score (nSPS) is 35.8. The summed E-state index contributed by atoms with van der Waals surface area (Å²) in [6, 6.07) is 0. The van der Waals surface area contributed by atoms with Gasteiger partial charge in [-0.3, -0.25) is 0 Å². The van der Waals surface area contributed by atoms with Crippen molar-refractivity contribution in [1.29, 1.82) is 0 Å². The predicted octanol–water partition coefficient (Wildman–Crippen LogP) is 9.84. The Bertz CT molecular complexity index is 721. The van der Waals surface area contributed by atoms with Crippen LogP contribution < -0.4 is 0 Å². The maximum atomic E-state index is 15.3. The molecular weight excluding hydrogens is 494 g/mol. The highest BCUT2D eigenvalue weighted by Crippen LogP contribution is 2.69. The number of hydrogen-bond acceptors (Lipinski definition) is 3. The van der Waals surface area contributed by atoms with Gasteiger partial charge < -0.3 is 13.9 Å². The van der Waals surface area contributed by atoms with Gasteiger partial charge in [-0.25, -0.2) is 0 Å². The van der Waals surface area contributed by atoms with Crippen LogP contribution in [0.1, 0.15) is 141 Å². The second-order valence-corrected chi connectivity index (χ2v) is 21.4. The molecule has 0 aromatic heterocycles. The maximum Gasteiger partial charge on any atom is 0.0939 e. The average Bonchev–Trinajstić information content (AvgIpc) is 3.57. The van der Waals surface area contributed by atoms with Crippen LogP contribution in [-0.4, -0.2) is 47.2 Å². The predicted molar refractivity (Wildman–Crippen MR) is 157 cm³/mol. The molecule has 6 rings (SSSR count). The molecule has 212 valence electrons. The molecule has 0 aromatic rings. The maximum absolute atomic E-state index is 15.3. The molecule has 2 unspecified atom stereocenters. The minimum atomic E-state index is -2.29. The minimum absolute atomic E-state index is 0.307. The molecule has 2 heterocycles. The Hall–Kier alpha value is 0.420. The fourth-order valence-electron chi connectivity index (χ4n) is 10.3. The summed E-state index contributed by atoms with van der Waals surface area (Å²) in [5.74, 6) is 0.850. The van der Waals surface area contributed by atoms with Gasteiger partial charge in [0.2, 0.25) is 0 Å². The Morgan fingerprint density at radius 1 is 0.405 bits per heavy atom. The van der Waals surface area contributed by atoms with Gasteiger partial charge in [0.1, 0.15) is 0 Å². The first kappa shape index (κ1) is 27.6. The van der Waals surface area contributed by atoms with Crippen molar-refractivity contribution >= 4 is 14.3 Å². The lowest BCUT2D eigenvalue weighted by molar-refractivity contribution is 0.0899. The van der Waals surface area contributed by atoms with E-state index in [1.165, 1.54) is 141 Å². The van der Waals surface area contributed by atoms with Crippen molar-refractivity contribution in [3.8, 4) is 0 Å². The van der Waals surface area contributed by atoms with Crippen molar-refractivity contribution < 1.29 is 13.9 Å². The van der Waals surface area contributed by atoms with Gasteiger partial charge in [0.15, 0.2) is 0 Å². The molecule has 0 N–H and O–H groups in total. The molecule has 2 bridgehead atoms. The third-order valence-electron chi connectivity index (χ3n) is 12.4. The minimum Gasteiger partial charge on any atom is -0.374 e. The molecule has 0 amide bonds. The summed E-state index contributed by atoms with van der Waals surface area (Å²) in [5, 5.41) is 0. The first-order chi connectivity index (χ1) is 18.1. The van der Waals surface area contributed by atoms with Gasteiger partial charge >= 0.3 is 0 Å². The van der Waals surface area contributed by atoms with Gasteiger partial charge in [-0.1, -0.05) is 77.0 Å². The fraction of sp³-hybridized carbons (Fsp3) is 1.00. The Morgan fingerprint density at radius 2 is 0.676 bits per heavy atom. The van der Waals surface area contributed by atoms with Crippen LogP contribution >= 0.6 is 14.3 Å². The van der Waals surface area contributed by atoms with Gasteiger partial charge in [0.25, 0.3) is 0 Å². The molecule has 4 atom stereocenters. The Kier molecular flexibility index (Phi) is 9.03. The molecule has 6 fully saturated rings. The van der Waals surface area contributed by atoms with Crippen LogP contribution in [0.5, 0.6) is 0 Å². The molecule has 37 heavy (non-hydrogen) atoms. The fourth-order valence-corrected chi connectivity index (χ4v) is 20.0. The lowest BCUT2D eigenvalue weighted by atomic mass is 9.81. The topological polar surface area (TPSA) is 43.4 Å². The second kappa shape index (κ2) is 12.1. The summed E-state index contributed by atoms with van der Waals surface area (Å²) < 4.78 is 37.4. The molecule has 0 spiro atoms. The van der Waals surface area contributed by atoms with Crippen LogP contribution in [-0.2, 0) is 13.9 Å². The Morgan fingerprint density at radius 3 is 0.946 bits per heavy atom. The van der Waals surface area contributed by atoms with Crippen LogP contribution in [0.15, 0.2) is 0 Å². The lowest BCUT2D eigenvalue weighted by Gasteiger charge is -2.44. The quantitative estimate of drug-likeness (QED) is 0.283. The van der Waals surface area contributed by atoms with Crippen molar-refractivity contribution in [3.05, 3.63) is 0 Å². The van der Waals surface area contributed by atoms with Crippen molar-refractivity contribution in [1.82, 2.24) is 0 Å². The Labute approximate surface area is 228 Å². The lowest BCUT2D eigenvalue weighted by Crippen LogP contribution is -2.38. The molecule has 4 saturated carbocycles. The van der Waals surface area contributed by atoms with Crippen LogP contribution in [0.3, 0.4) is 0 Å². The first-order valence-electron chi connectivity index (χ1n) is 16.9. The van der Waals surface area contributed by atoms with E-state index in [1.807, 2.05) is 0 Å². The van der Waals surface area contributed by atoms with E-state index in [-0.39, 0.29) is 0 Å². The summed E-state index contributed by atoms with van der Waals surface area (Å²) in [4.78, 5) is 0. The van der Waals surface area contributed by atoms with Crippen LogP contribution in [0.25, 0.3) is 0 Å². The van der Waals surface area contributed by atoms with Crippen molar-refractivity contribution in [2.75, 3.05) is 12.3 Å². The number of ether oxygens (including phenoxy) is 1. The second-order valence-electron chi connectivity index (χ2n) is 14.4. The van der Waals surface area contributed by atoms with E-state index in [4.69, 9.17) is 4.74 Å². The van der Waals surface area contributed by atoms with Crippen LogP contribution in [0.2, 0.25) is 0 Å². The molecule has 2 saturated heterocycles. The summed E-state index contributed by atoms with van der Waals surface area (Å²) in [7, 11) is -4.57. The van der Waals surface area contributed by atoms with Gasteiger partial charge in [0, 0.05) is 35.0 Å². The molecular formula is C32H56O3P2. The van der Waals surface area contributed by atoms with E-state index in [0.29, 0.717) is 46.7 Å². The van der Waals surface area contributed by atoms with E-state index in [0.717, 1.165) is 12.3 Å². The zero-order chi connectivity index (χ0) is 25.3. The average molecular weight is 551 g/mol. The summed E-state index contributed by atoms with van der Waals surface area (Å²) in [6.45, 7) is 0. The largest absolute Gasteiger partial charge is 0.374 e. The van der Waals surface area contributed by atoms with Crippen molar-refractivity contribution in [2.24, 2.45) is 11.8 Å². The molecule has 6 aliphatic rings. The van der Waals surface area contributed by atoms with Gasteiger partial charge in [0.05, 0.1) is 26.5 Å². The third kappa shape index (κ3) is 5.65. The third-order valence-corrected chi connectivity index (χ3v) is 21.3. The molecule has 0 radical (unpaired) electrons. The highest BCUT2D eigenvalue weighted by Gasteiger charge is 2.56. The first-order valence-corrected chi connectivity index (χ1v) is 21.0.